The predicted molar refractivity (Wildman–Crippen MR) is 73.5 cm³/mol. The number of rotatable bonds is 0. The number of allylic oxidation sites excluding steroid dienone is 1. The van der Waals surface area contributed by atoms with E-state index in [-0.39, 0.29) is 17.8 Å². The summed E-state index contributed by atoms with van der Waals surface area (Å²) in [5.41, 5.74) is -0.665. The third-order valence-corrected chi connectivity index (χ3v) is 5.06. The molecule has 2 aliphatic heterocycles. The summed E-state index contributed by atoms with van der Waals surface area (Å²) >= 11 is 0. The summed E-state index contributed by atoms with van der Waals surface area (Å²) in [4.78, 5) is 12.2. The van der Waals surface area contributed by atoms with E-state index in [1.165, 1.54) is 0 Å². The largest absolute Gasteiger partial charge is 0.349 e. The van der Waals surface area contributed by atoms with E-state index in [1.807, 2.05) is 19.9 Å². The molecule has 2 saturated heterocycles. The van der Waals surface area contributed by atoms with E-state index < -0.39 is 17.2 Å². The molecule has 3 unspecified atom stereocenters. The quantitative estimate of drug-likeness (QED) is 0.683. The van der Waals surface area contributed by atoms with Crippen molar-refractivity contribution in [2.45, 2.75) is 62.8 Å². The average Bonchev–Trinajstić information content (AvgIpc) is 3.01. The normalized spacial score (nSPS) is 43.6. The number of carbonyl (C=O) groups excluding carboxylic acids is 1. The molecule has 21 heavy (non-hydrogen) atoms. The van der Waals surface area contributed by atoms with Crippen LogP contribution in [0.25, 0.3) is 0 Å². The van der Waals surface area contributed by atoms with Crippen LogP contribution in [0.5, 0.6) is 0 Å². The van der Waals surface area contributed by atoms with Crippen molar-refractivity contribution >= 4 is 5.78 Å². The van der Waals surface area contributed by atoms with E-state index in [4.69, 9.17) is 18.9 Å². The van der Waals surface area contributed by atoms with E-state index >= 15 is 0 Å². The summed E-state index contributed by atoms with van der Waals surface area (Å²) in [6.45, 7) is 4.62. The number of carbonyl (C=O) groups is 1. The number of ether oxygens (including phenoxy) is 4. The highest BCUT2D eigenvalue weighted by Crippen LogP contribution is 2.48. The van der Waals surface area contributed by atoms with E-state index in [1.54, 1.807) is 6.08 Å². The van der Waals surface area contributed by atoms with Gasteiger partial charge in [0.2, 0.25) is 0 Å². The Kier molecular flexibility index (Phi) is 2.90. The molecular formula is C16H22O5. The van der Waals surface area contributed by atoms with Crippen molar-refractivity contribution < 1.29 is 23.7 Å². The Hall–Kier alpha value is -0.750. The lowest BCUT2D eigenvalue weighted by molar-refractivity contribution is -0.330. The molecule has 2 spiro atoms. The van der Waals surface area contributed by atoms with Gasteiger partial charge >= 0.3 is 0 Å². The van der Waals surface area contributed by atoms with Gasteiger partial charge in [0.05, 0.1) is 19.1 Å². The number of ketones is 1. The van der Waals surface area contributed by atoms with E-state index in [0.717, 1.165) is 25.7 Å². The number of fused-ring (bicyclic) bond motifs is 2. The first-order valence-corrected chi connectivity index (χ1v) is 7.83. The van der Waals surface area contributed by atoms with Crippen molar-refractivity contribution in [3.05, 3.63) is 12.2 Å². The van der Waals surface area contributed by atoms with Gasteiger partial charge in [0.15, 0.2) is 17.4 Å². The third kappa shape index (κ3) is 2.10. The zero-order valence-electron chi connectivity index (χ0n) is 12.6. The van der Waals surface area contributed by atoms with Gasteiger partial charge in [0, 0.05) is 12.8 Å². The Morgan fingerprint density at radius 2 is 1.95 bits per heavy atom. The van der Waals surface area contributed by atoms with Gasteiger partial charge in [-0.15, -0.1) is 0 Å². The molecule has 5 nitrogen and oxygen atoms in total. The van der Waals surface area contributed by atoms with Crippen LogP contribution in [0.15, 0.2) is 12.2 Å². The fraction of sp³-hybridized carbons (Fsp3) is 0.812. The molecule has 0 aromatic carbocycles. The second kappa shape index (κ2) is 4.38. The van der Waals surface area contributed by atoms with Gasteiger partial charge in [-0.25, -0.2) is 0 Å². The SMILES string of the molecule is CC1(C)OCC2(C=CC(=O)C3COC4(CCCC4)OC32)O1. The van der Waals surface area contributed by atoms with E-state index in [9.17, 15) is 4.79 Å². The second-order valence-corrected chi connectivity index (χ2v) is 7.05. The summed E-state index contributed by atoms with van der Waals surface area (Å²) in [5.74, 6) is -1.40. The van der Waals surface area contributed by atoms with Gasteiger partial charge in [0.25, 0.3) is 0 Å². The third-order valence-electron chi connectivity index (χ3n) is 5.06. The van der Waals surface area contributed by atoms with Crippen LogP contribution >= 0.6 is 0 Å². The van der Waals surface area contributed by atoms with Crippen molar-refractivity contribution in [2.24, 2.45) is 5.92 Å². The standard InChI is InChI=1S/C16H22O5/c1-14(2)19-10-15(21-14)8-5-12(17)11-9-18-16(20-13(11)15)6-3-4-7-16/h5,8,11,13H,3-4,6-7,9-10H2,1-2H3. The van der Waals surface area contributed by atoms with E-state index in [2.05, 4.69) is 0 Å². The maximum atomic E-state index is 12.2. The highest BCUT2D eigenvalue weighted by Gasteiger charge is 2.60. The maximum absolute atomic E-state index is 12.2. The fourth-order valence-electron chi connectivity index (χ4n) is 3.99. The summed E-state index contributed by atoms with van der Waals surface area (Å²) < 4.78 is 24.2. The van der Waals surface area contributed by atoms with Crippen LogP contribution in [0, 0.1) is 5.92 Å². The van der Waals surface area contributed by atoms with Crippen molar-refractivity contribution in [1.29, 1.82) is 0 Å². The topological polar surface area (TPSA) is 54.0 Å². The Morgan fingerprint density at radius 3 is 2.62 bits per heavy atom. The zero-order valence-corrected chi connectivity index (χ0v) is 12.6. The average molecular weight is 294 g/mol. The molecule has 116 valence electrons. The van der Waals surface area contributed by atoms with Crippen LogP contribution in [-0.4, -0.2) is 42.3 Å². The zero-order chi connectivity index (χ0) is 14.7. The number of hydrogen-bond donors (Lipinski definition) is 0. The summed E-state index contributed by atoms with van der Waals surface area (Å²) in [6.07, 6.45) is 7.13. The highest BCUT2D eigenvalue weighted by molar-refractivity contribution is 5.94. The van der Waals surface area contributed by atoms with Gasteiger partial charge < -0.3 is 18.9 Å². The second-order valence-electron chi connectivity index (χ2n) is 7.05. The molecule has 0 amide bonds. The van der Waals surface area contributed by atoms with Crippen molar-refractivity contribution in [3.8, 4) is 0 Å². The van der Waals surface area contributed by atoms with Crippen molar-refractivity contribution in [1.82, 2.24) is 0 Å². The van der Waals surface area contributed by atoms with E-state index in [0.29, 0.717) is 13.2 Å². The van der Waals surface area contributed by atoms with Gasteiger partial charge in [-0.05, 0) is 38.8 Å². The Balaban J connectivity index is 1.68. The van der Waals surface area contributed by atoms with Crippen LogP contribution in [0.1, 0.15) is 39.5 Å². The monoisotopic (exact) mass is 294 g/mol. The molecule has 0 bridgehead atoms. The first kappa shape index (κ1) is 13.9. The van der Waals surface area contributed by atoms with Gasteiger partial charge in [-0.1, -0.05) is 0 Å². The van der Waals surface area contributed by atoms with Crippen LogP contribution in [0.3, 0.4) is 0 Å². The Labute approximate surface area is 124 Å². The lowest BCUT2D eigenvalue weighted by atomic mass is 9.79. The lowest BCUT2D eigenvalue weighted by Gasteiger charge is -2.49. The molecule has 4 aliphatic rings. The first-order valence-electron chi connectivity index (χ1n) is 7.83. The van der Waals surface area contributed by atoms with Crippen molar-refractivity contribution in [3.63, 3.8) is 0 Å². The predicted octanol–water partition coefficient (Wildman–Crippen LogP) is 1.95. The minimum absolute atomic E-state index is 0.0618. The molecular weight excluding hydrogens is 272 g/mol. The minimum Gasteiger partial charge on any atom is -0.349 e. The molecule has 1 saturated carbocycles. The summed E-state index contributed by atoms with van der Waals surface area (Å²) in [6, 6.07) is 0. The molecule has 0 N–H and O–H groups in total. The minimum atomic E-state index is -0.665. The molecule has 4 rings (SSSR count). The maximum Gasteiger partial charge on any atom is 0.168 e. The molecule has 0 aromatic heterocycles. The Bertz CT molecular complexity index is 491. The molecule has 0 radical (unpaired) electrons. The van der Waals surface area contributed by atoms with Crippen LogP contribution in [0.4, 0.5) is 0 Å². The van der Waals surface area contributed by atoms with Crippen molar-refractivity contribution in [2.75, 3.05) is 13.2 Å². The highest BCUT2D eigenvalue weighted by atomic mass is 16.8. The van der Waals surface area contributed by atoms with Gasteiger partial charge in [-0.2, -0.15) is 0 Å². The molecule has 2 heterocycles. The molecule has 5 heteroatoms. The van der Waals surface area contributed by atoms with Crippen LogP contribution < -0.4 is 0 Å². The fourth-order valence-corrected chi connectivity index (χ4v) is 3.99. The van der Waals surface area contributed by atoms with Crippen LogP contribution in [-0.2, 0) is 23.7 Å². The molecule has 0 aromatic rings. The summed E-state index contributed by atoms with van der Waals surface area (Å²) in [5, 5.41) is 0. The van der Waals surface area contributed by atoms with Crippen LogP contribution in [0.2, 0.25) is 0 Å². The number of hydrogen-bond acceptors (Lipinski definition) is 5. The molecule has 2 aliphatic carbocycles. The smallest absolute Gasteiger partial charge is 0.168 e. The summed E-state index contributed by atoms with van der Waals surface area (Å²) in [7, 11) is 0. The Morgan fingerprint density at radius 1 is 1.19 bits per heavy atom. The van der Waals surface area contributed by atoms with Gasteiger partial charge in [0.1, 0.15) is 11.7 Å². The van der Waals surface area contributed by atoms with Gasteiger partial charge in [-0.3, -0.25) is 4.79 Å². The molecule has 3 atom stereocenters. The first-order chi connectivity index (χ1) is 9.94. The lowest BCUT2D eigenvalue weighted by Crippen LogP contribution is -2.61. The molecule has 3 fully saturated rings.